The smallest absolute Gasteiger partial charge is 0.389 e. The van der Waals surface area contributed by atoms with Gasteiger partial charge in [0.2, 0.25) is 0 Å². The van der Waals surface area contributed by atoms with Crippen molar-refractivity contribution in [2.45, 2.75) is 77.0 Å². The summed E-state index contributed by atoms with van der Waals surface area (Å²) in [5.74, 6) is -1.24. The lowest BCUT2D eigenvalue weighted by atomic mass is 10.1. The van der Waals surface area contributed by atoms with Gasteiger partial charge < -0.3 is 19.3 Å². The van der Waals surface area contributed by atoms with Gasteiger partial charge in [-0.1, -0.05) is 6.07 Å². The van der Waals surface area contributed by atoms with E-state index in [2.05, 4.69) is 5.10 Å². The maximum absolute atomic E-state index is 12.6. The number of hydrogen-bond donors (Lipinski definition) is 1. The van der Waals surface area contributed by atoms with E-state index in [1.54, 1.807) is 12.1 Å². The normalized spacial score (nSPS) is 12.3. The molecule has 0 atom stereocenters. The number of carboxylic acid groups (broad SMARTS) is 1. The van der Waals surface area contributed by atoms with Gasteiger partial charge in [-0.05, 0) is 38.8 Å². The van der Waals surface area contributed by atoms with Gasteiger partial charge in [0, 0.05) is 38.4 Å². The maximum atomic E-state index is 12.6. The van der Waals surface area contributed by atoms with Crippen LogP contribution in [0, 0.1) is 0 Å². The van der Waals surface area contributed by atoms with Gasteiger partial charge in [0.15, 0.2) is 5.60 Å². The fraction of sp³-hybridized carbons (Fsp3) is 0.583. The van der Waals surface area contributed by atoms with Crippen molar-refractivity contribution < 1.29 is 50.5 Å². The Balaban J connectivity index is 2.05. The van der Waals surface area contributed by atoms with Crippen LogP contribution in [0.15, 0.2) is 33.9 Å². The van der Waals surface area contributed by atoms with Gasteiger partial charge in [-0.15, -0.1) is 5.10 Å². The minimum absolute atomic E-state index is 0.0385. The van der Waals surface area contributed by atoms with E-state index in [-0.39, 0.29) is 25.4 Å². The molecule has 2 rings (SSSR count). The molecule has 16 heteroatoms. The second-order valence-electron chi connectivity index (χ2n) is 9.15. The van der Waals surface area contributed by atoms with Crippen LogP contribution in [0.25, 0.3) is 0 Å². The number of aryl methyl sites for hydroxylation is 1. The first kappa shape index (κ1) is 32.5. The SMILES string of the molecule is CC(C)(Oc1cccc(OCCCOc2nn(CCCC(F)(F)F)c(=O)n(CCCC(F)(F)F)c2=O)c1)C(=O)O. The molecule has 0 saturated carbocycles. The van der Waals surface area contributed by atoms with Gasteiger partial charge in [0.05, 0.1) is 13.2 Å². The molecular formula is C24H29F6N3O7. The monoisotopic (exact) mass is 585 g/mol. The van der Waals surface area contributed by atoms with Crippen LogP contribution in [-0.4, -0.2) is 56.6 Å². The number of carboxylic acids is 1. The fourth-order valence-electron chi connectivity index (χ4n) is 3.22. The van der Waals surface area contributed by atoms with E-state index in [1.165, 1.54) is 26.0 Å². The average Bonchev–Trinajstić information content (AvgIpc) is 2.82. The molecular weight excluding hydrogens is 556 g/mol. The van der Waals surface area contributed by atoms with Crippen molar-refractivity contribution in [1.29, 1.82) is 0 Å². The summed E-state index contributed by atoms with van der Waals surface area (Å²) in [6.45, 7) is 1.43. The number of halogens is 6. The van der Waals surface area contributed by atoms with E-state index in [9.17, 15) is 45.8 Å². The fourth-order valence-corrected chi connectivity index (χ4v) is 3.22. The number of rotatable bonds is 15. The van der Waals surface area contributed by atoms with Crippen LogP contribution in [0.5, 0.6) is 17.4 Å². The number of hydrogen-bond acceptors (Lipinski definition) is 7. The van der Waals surface area contributed by atoms with Crippen LogP contribution < -0.4 is 25.5 Å². The highest BCUT2D eigenvalue weighted by Gasteiger charge is 2.30. The predicted octanol–water partition coefficient (Wildman–Crippen LogP) is 4.18. The highest BCUT2D eigenvalue weighted by Crippen LogP contribution is 2.24. The molecule has 10 nitrogen and oxygen atoms in total. The van der Waals surface area contributed by atoms with Gasteiger partial charge >= 0.3 is 29.6 Å². The summed E-state index contributed by atoms with van der Waals surface area (Å²) in [7, 11) is 0. The highest BCUT2D eigenvalue weighted by atomic mass is 19.4. The highest BCUT2D eigenvalue weighted by molar-refractivity contribution is 5.76. The molecule has 1 heterocycles. The van der Waals surface area contributed by atoms with Crippen LogP contribution in [0.2, 0.25) is 0 Å². The van der Waals surface area contributed by atoms with Gasteiger partial charge in [0.1, 0.15) is 11.5 Å². The Morgan fingerprint density at radius 1 is 0.900 bits per heavy atom. The third kappa shape index (κ3) is 10.8. The maximum Gasteiger partial charge on any atom is 0.389 e. The van der Waals surface area contributed by atoms with Crippen molar-refractivity contribution in [3.63, 3.8) is 0 Å². The molecule has 40 heavy (non-hydrogen) atoms. The molecule has 1 aromatic carbocycles. The molecule has 0 aliphatic rings. The topological polar surface area (TPSA) is 122 Å². The first-order valence-electron chi connectivity index (χ1n) is 12.1. The quantitative estimate of drug-likeness (QED) is 0.244. The van der Waals surface area contributed by atoms with Crippen LogP contribution in [0.4, 0.5) is 26.3 Å². The Hall–Kier alpha value is -3.72. The molecule has 0 unspecified atom stereocenters. The lowest BCUT2D eigenvalue weighted by Gasteiger charge is -2.21. The lowest BCUT2D eigenvalue weighted by molar-refractivity contribution is -0.152. The second kappa shape index (κ2) is 13.6. The van der Waals surface area contributed by atoms with Crippen molar-refractivity contribution in [3.05, 3.63) is 45.1 Å². The molecule has 224 valence electrons. The molecule has 2 aromatic rings. The molecule has 0 bridgehead atoms. The van der Waals surface area contributed by atoms with Crippen LogP contribution in [-0.2, 0) is 17.9 Å². The number of carbonyl (C=O) groups is 1. The first-order chi connectivity index (χ1) is 18.5. The Labute approximate surface area is 224 Å². The van der Waals surface area contributed by atoms with E-state index in [1.807, 2.05) is 0 Å². The molecule has 0 amide bonds. The summed E-state index contributed by atoms with van der Waals surface area (Å²) in [5.41, 5.74) is -3.73. The van der Waals surface area contributed by atoms with E-state index in [0.29, 0.717) is 15.0 Å². The van der Waals surface area contributed by atoms with Crippen molar-refractivity contribution >= 4 is 5.97 Å². The van der Waals surface area contributed by atoms with E-state index < -0.39 is 79.8 Å². The van der Waals surface area contributed by atoms with Gasteiger partial charge in [0.25, 0.3) is 5.88 Å². The summed E-state index contributed by atoms with van der Waals surface area (Å²) < 4.78 is 92.4. The Morgan fingerprint density at radius 2 is 1.48 bits per heavy atom. The number of aliphatic carboxylic acids is 1. The van der Waals surface area contributed by atoms with Crippen molar-refractivity contribution in [2.24, 2.45) is 0 Å². The van der Waals surface area contributed by atoms with E-state index in [4.69, 9.17) is 14.2 Å². The van der Waals surface area contributed by atoms with Crippen LogP contribution in [0.3, 0.4) is 0 Å². The summed E-state index contributed by atoms with van der Waals surface area (Å²) in [6.07, 6.45) is -12.5. The van der Waals surface area contributed by atoms with Crippen LogP contribution >= 0.6 is 0 Å². The number of alkyl halides is 6. The van der Waals surface area contributed by atoms with Crippen molar-refractivity contribution in [3.8, 4) is 17.4 Å². The molecule has 0 fully saturated rings. The predicted molar refractivity (Wildman–Crippen MR) is 128 cm³/mol. The molecule has 0 spiro atoms. The number of ether oxygens (including phenoxy) is 3. The standard InChI is InChI=1S/C24H29F6N3O7/c1-22(2,20(35)36)40-17-8-3-7-16(15-17)38-13-6-14-39-18-19(34)32(11-4-9-23(25,26)27)21(37)33(31-18)12-5-10-24(28,29)30/h3,7-8,15H,4-6,9-14H2,1-2H3,(H,35,36). The summed E-state index contributed by atoms with van der Waals surface area (Å²) in [4.78, 5) is 36.4. The summed E-state index contributed by atoms with van der Waals surface area (Å²) >= 11 is 0. The van der Waals surface area contributed by atoms with Crippen molar-refractivity contribution in [2.75, 3.05) is 13.2 Å². The van der Waals surface area contributed by atoms with Gasteiger partial charge in [-0.3, -0.25) is 9.36 Å². The first-order valence-corrected chi connectivity index (χ1v) is 12.1. The minimum atomic E-state index is -4.53. The number of benzene rings is 1. The minimum Gasteiger partial charge on any atom is -0.493 e. The molecule has 1 aromatic heterocycles. The second-order valence-corrected chi connectivity index (χ2v) is 9.15. The Kier molecular flexibility index (Phi) is 11.0. The Morgan fingerprint density at radius 3 is 2.08 bits per heavy atom. The Bertz CT molecular complexity index is 1260. The number of aromatic nitrogens is 3. The molecule has 0 aliphatic heterocycles. The lowest BCUT2D eigenvalue weighted by Crippen LogP contribution is -2.42. The average molecular weight is 585 g/mol. The third-order valence-corrected chi connectivity index (χ3v) is 5.25. The van der Waals surface area contributed by atoms with E-state index >= 15 is 0 Å². The zero-order chi connectivity index (χ0) is 30.1. The van der Waals surface area contributed by atoms with Crippen molar-refractivity contribution in [1.82, 2.24) is 14.3 Å². The molecule has 0 saturated heterocycles. The van der Waals surface area contributed by atoms with Crippen LogP contribution in [0.1, 0.15) is 46.0 Å². The summed E-state index contributed by atoms with van der Waals surface area (Å²) in [5, 5.41) is 12.9. The van der Waals surface area contributed by atoms with Gasteiger partial charge in [-0.25, -0.2) is 14.3 Å². The van der Waals surface area contributed by atoms with Gasteiger partial charge in [-0.2, -0.15) is 26.3 Å². The molecule has 0 aliphatic carbocycles. The molecule has 0 radical (unpaired) electrons. The largest absolute Gasteiger partial charge is 0.493 e. The number of nitrogens with zero attached hydrogens (tertiary/aromatic N) is 3. The zero-order valence-electron chi connectivity index (χ0n) is 21.7. The van der Waals surface area contributed by atoms with E-state index in [0.717, 1.165) is 0 Å². The zero-order valence-corrected chi connectivity index (χ0v) is 21.7. The molecule has 1 N–H and O–H groups in total. The summed E-state index contributed by atoms with van der Waals surface area (Å²) in [6, 6.07) is 6.16. The third-order valence-electron chi connectivity index (χ3n) is 5.25.